The van der Waals surface area contributed by atoms with Gasteiger partial charge in [0.15, 0.2) is 0 Å². The van der Waals surface area contributed by atoms with Crippen molar-refractivity contribution < 1.29 is 13.2 Å². The number of anilines is 1. The molecule has 0 radical (unpaired) electrons. The van der Waals surface area contributed by atoms with Crippen molar-refractivity contribution in [3.63, 3.8) is 0 Å². The van der Waals surface area contributed by atoms with Crippen LogP contribution in [0.2, 0.25) is 0 Å². The van der Waals surface area contributed by atoms with Crippen LogP contribution >= 0.6 is 0 Å². The van der Waals surface area contributed by atoms with Gasteiger partial charge in [-0.05, 0) is 29.5 Å². The summed E-state index contributed by atoms with van der Waals surface area (Å²) in [5.74, 6) is 0.505. The molecule has 2 N–H and O–H groups in total. The van der Waals surface area contributed by atoms with Crippen molar-refractivity contribution in [3.8, 4) is 0 Å². The fourth-order valence-corrected chi connectivity index (χ4v) is 2.84. The van der Waals surface area contributed by atoms with Gasteiger partial charge >= 0.3 is 6.18 Å². The first-order valence-electron chi connectivity index (χ1n) is 6.79. The van der Waals surface area contributed by atoms with Gasteiger partial charge in [0.1, 0.15) is 0 Å². The van der Waals surface area contributed by atoms with Crippen LogP contribution in [0.15, 0.2) is 23.0 Å². The molecular formula is C15H15F3N2O. The molecule has 0 spiro atoms. The zero-order valence-corrected chi connectivity index (χ0v) is 11.6. The lowest BCUT2D eigenvalue weighted by Gasteiger charge is -2.30. The van der Waals surface area contributed by atoms with E-state index in [9.17, 15) is 18.0 Å². The van der Waals surface area contributed by atoms with Gasteiger partial charge in [-0.3, -0.25) is 4.79 Å². The molecule has 1 aliphatic heterocycles. The molecule has 0 amide bonds. The summed E-state index contributed by atoms with van der Waals surface area (Å²) in [6.45, 7) is 4.83. The molecule has 0 bridgehead atoms. The van der Waals surface area contributed by atoms with E-state index < -0.39 is 17.3 Å². The molecule has 21 heavy (non-hydrogen) atoms. The summed E-state index contributed by atoms with van der Waals surface area (Å²) < 4.78 is 39.4. The molecule has 0 fully saturated rings. The molecular weight excluding hydrogens is 281 g/mol. The lowest BCUT2D eigenvalue weighted by molar-refractivity contribution is -0.136. The summed E-state index contributed by atoms with van der Waals surface area (Å²) in [5.41, 5.74) is 0.242. The number of aromatic nitrogens is 1. The number of halogens is 3. The minimum Gasteiger partial charge on any atom is -0.384 e. The van der Waals surface area contributed by atoms with Crippen LogP contribution in [0.1, 0.15) is 30.9 Å². The van der Waals surface area contributed by atoms with E-state index >= 15 is 0 Å². The van der Waals surface area contributed by atoms with Gasteiger partial charge in [0.2, 0.25) is 5.56 Å². The lowest BCUT2D eigenvalue weighted by Crippen LogP contribution is -2.24. The number of H-pyrrole nitrogens is 1. The zero-order valence-electron chi connectivity index (χ0n) is 11.6. The molecule has 0 saturated carbocycles. The number of hydrogen-bond acceptors (Lipinski definition) is 2. The van der Waals surface area contributed by atoms with Crippen LogP contribution < -0.4 is 10.9 Å². The molecule has 3 nitrogen and oxygen atoms in total. The highest BCUT2D eigenvalue weighted by Crippen LogP contribution is 2.40. The summed E-state index contributed by atoms with van der Waals surface area (Å²) in [7, 11) is 0. The number of hydrogen-bond donors (Lipinski definition) is 2. The molecule has 3 rings (SSSR count). The van der Waals surface area contributed by atoms with Crippen LogP contribution in [0.3, 0.4) is 0 Å². The lowest BCUT2D eigenvalue weighted by atomic mass is 9.83. The highest BCUT2D eigenvalue weighted by atomic mass is 19.4. The number of fused-ring (bicyclic) bond motifs is 2. The maximum Gasteiger partial charge on any atom is 0.417 e. The molecule has 0 saturated heterocycles. The third-order valence-corrected chi connectivity index (χ3v) is 4.28. The van der Waals surface area contributed by atoms with Gasteiger partial charge < -0.3 is 10.3 Å². The fraction of sp³-hybridized carbons (Fsp3) is 0.400. The SMILES string of the molecule is C[C@@H]1CNc2cc3[nH]c(=O)cc(C(F)(F)F)c3cc2[C@H]1C. The Labute approximate surface area is 119 Å². The topological polar surface area (TPSA) is 44.9 Å². The van der Waals surface area contributed by atoms with E-state index in [1.165, 1.54) is 0 Å². The smallest absolute Gasteiger partial charge is 0.384 e. The Morgan fingerprint density at radius 1 is 1.19 bits per heavy atom. The highest BCUT2D eigenvalue weighted by Gasteiger charge is 2.34. The van der Waals surface area contributed by atoms with Crippen molar-refractivity contribution in [1.29, 1.82) is 0 Å². The maximum atomic E-state index is 13.1. The predicted octanol–water partition coefficient (Wildman–Crippen LogP) is 3.71. The van der Waals surface area contributed by atoms with Crippen molar-refractivity contribution >= 4 is 16.6 Å². The van der Waals surface area contributed by atoms with Gasteiger partial charge in [0.25, 0.3) is 0 Å². The minimum absolute atomic E-state index is 0.0450. The predicted molar refractivity (Wildman–Crippen MR) is 75.6 cm³/mol. The molecule has 6 heteroatoms. The number of aromatic amines is 1. The second kappa shape index (κ2) is 4.51. The Hall–Kier alpha value is -1.98. The summed E-state index contributed by atoms with van der Waals surface area (Å²) in [6, 6.07) is 3.78. The fourth-order valence-electron chi connectivity index (χ4n) is 2.84. The molecule has 0 aliphatic carbocycles. The molecule has 112 valence electrons. The third kappa shape index (κ3) is 2.28. The minimum atomic E-state index is -4.54. The van der Waals surface area contributed by atoms with E-state index in [0.717, 1.165) is 17.8 Å². The van der Waals surface area contributed by atoms with Crippen molar-refractivity contribution in [2.24, 2.45) is 5.92 Å². The zero-order chi connectivity index (χ0) is 15.4. The first kappa shape index (κ1) is 14.0. The van der Waals surface area contributed by atoms with Crippen molar-refractivity contribution in [2.75, 3.05) is 11.9 Å². The summed E-state index contributed by atoms with van der Waals surface area (Å²) in [6.07, 6.45) is -4.54. The second-order valence-electron chi connectivity index (χ2n) is 5.68. The van der Waals surface area contributed by atoms with Gasteiger partial charge in [-0.1, -0.05) is 13.8 Å². The molecule has 1 aliphatic rings. The second-order valence-corrected chi connectivity index (χ2v) is 5.68. The number of rotatable bonds is 0. The highest BCUT2D eigenvalue weighted by molar-refractivity contribution is 5.87. The average molecular weight is 296 g/mol. The maximum absolute atomic E-state index is 13.1. The van der Waals surface area contributed by atoms with E-state index in [-0.39, 0.29) is 16.8 Å². The Morgan fingerprint density at radius 2 is 1.90 bits per heavy atom. The van der Waals surface area contributed by atoms with Crippen molar-refractivity contribution in [1.82, 2.24) is 4.98 Å². The number of alkyl halides is 3. The van der Waals surface area contributed by atoms with Gasteiger partial charge in [-0.25, -0.2) is 0 Å². The Kier molecular flexibility index (Phi) is 3.00. The van der Waals surface area contributed by atoms with E-state index in [0.29, 0.717) is 12.0 Å². The number of pyridine rings is 1. The summed E-state index contributed by atoms with van der Waals surface area (Å²) >= 11 is 0. The first-order chi connectivity index (χ1) is 9.77. The molecule has 2 heterocycles. The molecule has 0 unspecified atom stereocenters. The van der Waals surface area contributed by atoms with Crippen molar-refractivity contribution in [2.45, 2.75) is 25.9 Å². The molecule has 1 aromatic heterocycles. The van der Waals surface area contributed by atoms with Crippen LogP contribution in [-0.2, 0) is 6.18 Å². The van der Waals surface area contributed by atoms with Crippen molar-refractivity contribution in [3.05, 3.63) is 39.7 Å². The summed E-state index contributed by atoms with van der Waals surface area (Å²) in [5, 5.41) is 3.25. The first-order valence-corrected chi connectivity index (χ1v) is 6.79. The third-order valence-electron chi connectivity index (χ3n) is 4.28. The van der Waals surface area contributed by atoms with Gasteiger partial charge in [0, 0.05) is 23.7 Å². The largest absolute Gasteiger partial charge is 0.417 e. The molecule has 1 aromatic carbocycles. The van der Waals surface area contributed by atoms with Crippen LogP contribution in [0.25, 0.3) is 10.9 Å². The van der Waals surface area contributed by atoms with E-state index in [2.05, 4.69) is 17.2 Å². The van der Waals surface area contributed by atoms with E-state index in [1.807, 2.05) is 6.92 Å². The van der Waals surface area contributed by atoms with Crippen LogP contribution in [0.5, 0.6) is 0 Å². The van der Waals surface area contributed by atoms with Gasteiger partial charge in [-0.2, -0.15) is 13.2 Å². The molecule has 2 aromatic rings. The Bertz CT molecular complexity index is 764. The van der Waals surface area contributed by atoms with Crippen LogP contribution in [0.4, 0.5) is 18.9 Å². The van der Waals surface area contributed by atoms with Gasteiger partial charge in [0.05, 0.1) is 11.1 Å². The van der Waals surface area contributed by atoms with Crippen LogP contribution in [0, 0.1) is 5.92 Å². The average Bonchev–Trinajstić information content (AvgIpc) is 2.39. The Balaban J connectivity index is 2.34. The normalized spacial score (nSPS) is 22.0. The van der Waals surface area contributed by atoms with E-state index in [1.54, 1.807) is 12.1 Å². The van der Waals surface area contributed by atoms with Gasteiger partial charge in [-0.15, -0.1) is 0 Å². The Morgan fingerprint density at radius 3 is 2.57 bits per heavy atom. The quantitative estimate of drug-likeness (QED) is 0.778. The standard InChI is InChI=1S/C15H15F3N2O/c1-7-6-19-12-5-13-10(3-9(12)8(7)2)11(15(16,17)18)4-14(21)20-13/h3-5,7-8,19H,6H2,1-2H3,(H,20,21)/t7-,8+/m1/s1. The number of nitrogens with one attached hydrogen (secondary N) is 2. The number of benzene rings is 1. The van der Waals surface area contributed by atoms with E-state index in [4.69, 9.17) is 0 Å². The molecule has 2 atom stereocenters. The monoisotopic (exact) mass is 296 g/mol. The van der Waals surface area contributed by atoms with Crippen LogP contribution in [-0.4, -0.2) is 11.5 Å². The summed E-state index contributed by atoms with van der Waals surface area (Å²) in [4.78, 5) is 13.9.